The first-order valence-corrected chi connectivity index (χ1v) is 9.83. The highest BCUT2D eigenvalue weighted by atomic mass is 32.2. The smallest absolute Gasteiger partial charge is 0.261 e. The van der Waals surface area contributed by atoms with Crippen LogP contribution in [0.15, 0.2) is 77.7 Å². The number of primary amides is 1. The van der Waals surface area contributed by atoms with E-state index in [4.69, 9.17) is 5.73 Å². The van der Waals surface area contributed by atoms with Crippen LogP contribution < -0.4 is 15.8 Å². The highest BCUT2D eigenvalue weighted by Crippen LogP contribution is 2.19. The van der Waals surface area contributed by atoms with Crippen LogP contribution in [0.3, 0.4) is 0 Å². The van der Waals surface area contributed by atoms with Crippen molar-refractivity contribution in [2.45, 2.75) is 4.90 Å². The van der Waals surface area contributed by atoms with Crippen molar-refractivity contribution in [3.63, 3.8) is 0 Å². The normalized spacial score (nSPS) is 10.9. The van der Waals surface area contributed by atoms with Crippen molar-refractivity contribution in [3.8, 4) is 0 Å². The second-order valence-electron chi connectivity index (χ2n) is 6.01. The molecule has 3 rings (SSSR count). The molecule has 0 aromatic heterocycles. The fourth-order valence-electron chi connectivity index (χ4n) is 2.45. The third-order valence-electron chi connectivity index (χ3n) is 3.97. The summed E-state index contributed by atoms with van der Waals surface area (Å²) in [4.78, 5) is 23.3. The lowest BCUT2D eigenvalue weighted by Gasteiger charge is -2.10. The van der Waals surface area contributed by atoms with Crippen molar-refractivity contribution in [3.05, 3.63) is 89.7 Å². The fraction of sp³-hybridized carbons (Fsp3) is 0. The van der Waals surface area contributed by atoms with Crippen molar-refractivity contribution in [2.75, 3.05) is 10.0 Å². The second-order valence-corrected chi connectivity index (χ2v) is 7.69. The molecule has 29 heavy (non-hydrogen) atoms. The van der Waals surface area contributed by atoms with Crippen molar-refractivity contribution in [1.82, 2.24) is 0 Å². The van der Waals surface area contributed by atoms with E-state index in [1.165, 1.54) is 66.7 Å². The lowest BCUT2D eigenvalue weighted by atomic mass is 10.2. The largest absolute Gasteiger partial charge is 0.366 e. The molecule has 2 amide bonds. The molecule has 9 heteroatoms. The minimum Gasteiger partial charge on any atom is -0.366 e. The van der Waals surface area contributed by atoms with Crippen molar-refractivity contribution < 1.29 is 22.4 Å². The molecular formula is C20H16FN3O4S. The van der Waals surface area contributed by atoms with Crippen molar-refractivity contribution in [1.29, 1.82) is 0 Å². The molecule has 3 aromatic rings. The number of nitrogens with one attached hydrogen (secondary N) is 2. The summed E-state index contributed by atoms with van der Waals surface area (Å²) in [6, 6.07) is 16.6. The Bertz CT molecular complexity index is 1160. The van der Waals surface area contributed by atoms with E-state index in [0.29, 0.717) is 11.3 Å². The summed E-state index contributed by atoms with van der Waals surface area (Å²) in [7, 11) is -4.02. The number of halogens is 1. The third-order valence-corrected chi connectivity index (χ3v) is 5.35. The maximum Gasteiger partial charge on any atom is 0.261 e. The van der Waals surface area contributed by atoms with Gasteiger partial charge in [0, 0.05) is 16.8 Å². The van der Waals surface area contributed by atoms with Gasteiger partial charge in [-0.05, 0) is 60.7 Å². The highest BCUT2D eigenvalue weighted by molar-refractivity contribution is 7.92. The molecule has 4 N–H and O–H groups in total. The van der Waals surface area contributed by atoms with Gasteiger partial charge in [0.05, 0.1) is 10.6 Å². The number of anilines is 2. The molecule has 0 bridgehead atoms. The van der Waals surface area contributed by atoms with Crippen LogP contribution in [0.2, 0.25) is 0 Å². The number of rotatable bonds is 6. The van der Waals surface area contributed by atoms with Crippen molar-refractivity contribution in [2.24, 2.45) is 5.73 Å². The summed E-state index contributed by atoms with van der Waals surface area (Å²) in [5, 5.41) is 2.62. The fourth-order valence-corrected chi connectivity index (χ4v) is 3.52. The summed E-state index contributed by atoms with van der Waals surface area (Å²) in [5.74, 6) is -1.75. The van der Waals surface area contributed by atoms with Crippen LogP contribution in [0.1, 0.15) is 20.7 Å². The molecule has 0 aliphatic carbocycles. The van der Waals surface area contributed by atoms with Crippen LogP contribution in [-0.4, -0.2) is 20.2 Å². The van der Waals surface area contributed by atoms with E-state index in [1.54, 1.807) is 0 Å². The van der Waals surface area contributed by atoms with Crippen LogP contribution in [0.4, 0.5) is 15.8 Å². The molecular weight excluding hydrogens is 397 g/mol. The molecule has 0 fully saturated rings. The number of para-hydroxylation sites is 1. The average Bonchev–Trinajstić information content (AvgIpc) is 2.70. The SMILES string of the molecule is NC(=O)c1ccc(NC(=O)c2ccc(S(=O)(=O)Nc3ccccc3F)cc2)cc1. The molecule has 0 aliphatic heterocycles. The van der Waals surface area contributed by atoms with Gasteiger partial charge in [0.25, 0.3) is 15.9 Å². The lowest BCUT2D eigenvalue weighted by Crippen LogP contribution is -2.15. The molecule has 0 saturated carbocycles. The summed E-state index contributed by atoms with van der Waals surface area (Å²) >= 11 is 0. The van der Waals surface area contributed by atoms with Gasteiger partial charge in [-0.1, -0.05) is 12.1 Å². The Morgan fingerprint density at radius 2 is 1.41 bits per heavy atom. The number of benzene rings is 3. The predicted octanol–water partition coefficient (Wildman–Crippen LogP) is 2.98. The molecule has 148 valence electrons. The topological polar surface area (TPSA) is 118 Å². The molecule has 0 radical (unpaired) electrons. The zero-order chi connectivity index (χ0) is 21.0. The third kappa shape index (κ3) is 4.77. The number of amides is 2. The van der Waals surface area contributed by atoms with Crippen LogP contribution in [0.5, 0.6) is 0 Å². The minimum atomic E-state index is -4.02. The maximum absolute atomic E-state index is 13.7. The number of sulfonamides is 1. The Balaban J connectivity index is 1.72. The molecule has 0 saturated heterocycles. The van der Waals surface area contributed by atoms with E-state index in [1.807, 2.05) is 0 Å². The first-order chi connectivity index (χ1) is 13.8. The first kappa shape index (κ1) is 20.0. The zero-order valence-corrected chi connectivity index (χ0v) is 15.7. The number of hydrogen-bond acceptors (Lipinski definition) is 4. The standard InChI is InChI=1S/C20H16FN3O4S/c21-17-3-1-2-4-18(17)24-29(27,28)16-11-7-14(8-12-16)20(26)23-15-9-5-13(6-10-15)19(22)25/h1-12,24H,(H2,22,25)(H,23,26). The highest BCUT2D eigenvalue weighted by Gasteiger charge is 2.17. The molecule has 0 heterocycles. The Morgan fingerprint density at radius 3 is 2.00 bits per heavy atom. The summed E-state index contributed by atoms with van der Waals surface area (Å²) < 4.78 is 40.6. The van der Waals surface area contributed by atoms with Crippen LogP contribution >= 0.6 is 0 Å². The Labute approximate surface area is 166 Å². The van der Waals surface area contributed by atoms with Crippen LogP contribution in [0.25, 0.3) is 0 Å². The number of nitrogens with two attached hydrogens (primary N) is 1. The van der Waals surface area contributed by atoms with E-state index >= 15 is 0 Å². The van der Waals surface area contributed by atoms with Gasteiger partial charge in [0.2, 0.25) is 5.91 Å². The molecule has 0 atom stereocenters. The summed E-state index contributed by atoms with van der Waals surface area (Å²) in [5.41, 5.74) is 5.95. The maximum atomic E-state index is 13.7. The monoisotopic (exact) mass is 413 g/mol. The van der Waals surface area contributed by atoms with Gasteiger partial charge in [-0.3, -0.25) is 14.3 Å². The summed E-state index contributed by atoms with van der Waals surface area (Å²) in [6.45, 7) is 0. The van der Waals surface area contributed by atoms with Crippen LogP contribution in [-0.2, 0) is 10.0 Å². The predicted molar refractivity (Wildman–Crippen MR) is 107 cm³/mol. The van der Waals surface area contributed by atoms with Gasteiger partial charge in [0.1, 0.15) is 5.82 Å². The van der Waals surface area contributed by atoms with Gasteiger partial charge in [-0.25, -0.2) is 12.8 Å². The molecule has 3 aromatic carbocycles. The number of carbonyl (C=O) groups excluding carboxylic acids is 2. The average molecular weight is 413 g/mol. The number of hydrogen-bond donors (Lipinski definition) is 3. The first-order valence-electron chi connectivity index (χ1n) is 8.35. The van der Waals surface area contributed by atoms with Gasteiger partial charge in [-0.15, -0.1) is 0 Å². The van der Waals surface area contributed by atoms with Crippen molar-refractivity contribution >= 4 is 33.2 Å². The quantitative estimate of drug-likeness (QED) is 0.576. The van der Waals surface area contributed by atoms with E-state index in [0.717, 1.165) is 6.07 Å². The van der Waals surface area contributed by atoms with Gasteiger partial charge in [0.15, 0.2) is 0 Å². The zero-order valence-electron chi connectivity index (χ0n) is 14.9. The Hall–Kier alpha value is -3.72. The molecule has 0 aliphatic rings. The lowest BCUT2D eigenvalue weighted by molar-refractivity contribution is 0.0998. The Morgan fingerprint density at radius 1 is 0.828 bits per heavy atom. The molecule has 7 nitrogen and oxygen atoms in total. The van der Waals surface area contributed by atoms with Crippen LogP contribution in [0, 0.1) is 5.82 Å². The van der Waals surface area contributed by atoms with E-state index in [9.17, 15) is 22.4 Å². The molecule has 0 spiro atoms. The van der Waals surface area contributed by atoms with Gasteiger partial charge < -0.3 is 11.1 Å². The Kier molecular flexibility index (Phi) is 5.60. The summed E-state index contributed by atoms with van der Waals surface area (Å²) in [6.07, 6.45) is 0. The van der Waals surface area contributed by atoms with E-state index in [-0.39, 0.29) is 16.1 Å². The van der Waals surface area contributed by atoms with E-state index < -0.39 is 27.7 Å². The molecule has 0 unspecified atom stereocenters. The van der Waals surface area contributed by atoms with E-state index in [2.05, 4.69) is 10.0 Å². The number of carbonyl (C=O) groups is 2. The minimum absolute atomic E-state index is 0.122. The second kappa shape index (κ2) is 8.11. The van der Waals surface area contributed by atoms with Gasteiger partial charge >= 0.3 is 0 Å². The van der Waals surface area contributed by atoms with Gasteiger partial charge in [-0.2, -0.15) is 0 Å².